The number of aliphatic hydroxyl groups is 1. The number of fused-ring (bicyclic) bond motifs is 2. The van der Waals surface area contributed by atoms with E-state index in [0.29, 0.717) is 24.2 Å². The monoisotopic (exact) mass is 517 g/mol. The third-order valence-corrected chi connectivity index (χ3v) is 6.86. The van der Waals surface area contributed by atoms with Gasteiger partial charge in [0.05, 0.1) is 28.1 Å². The van der Waals surface area contributed by atoms with Crippen LogP contribution in [0.15, 0.2) is 41.4 Å². The lowest BCUT2D eigenvalue weighted by atomic mass is 9.92. The molecule has 2 amide bonds. The number of pyridine rings is 2. The first-order chi connectivity index (χ1) is 17.3. The normalized spacial score (nSPS) is 19.0. The van der Waals surface area contributed by atoms with Gasteiger partial charge in [0.15, 0.2) is 5.82 Å². The van der Waals surface area contributed by atoms with Gasteiger partial charge in [-0.05, 0) is 37.1 Å². The van der Waals surface area contributed by atoms with Gasteiger partial charge in [-0.2, -0.15) is 0 Å². The molecule has 3 aromatic rings. The van der Waals surface area contributed by atoms with Gasteiger partial charge in [0, 0.05) is 30.2 Å². The molecule has 1 saturated carbocycles. The maximum absolute atomic E-state index is 13.3. The molecule has 5 rings (SSSR count). The minimum absolute atomic E-state index is 0.00260. The summed E-state index contributed by atoms with van der Waals surface area (Å²) >= 11 is 1.52. The standard InChI is InChI=1S/C14H19N3O2S.C10H6F2N2O2/c18-11-4-2-1-3-10(11)15-7-9-5-6-12-14(16-9)17-13(19)8-20-12;11-5-3-6-8(14-10(15)16)1-2-13-9(6)7(12)4-5/h5-6,10-11,15,18H,1-4,7-8H2,(H,16,17,19);1-4H,(H,13,14)(H,15,16)/t10-,11-;/m0./s1. The molecule has 1 fully saturated rings. The second kappa shape index (κ2) is 11.6. The smallest absolute Gasteiger partial charge is 0.409 e. The zero-order valence-electron chi connectivity index (χ0n) is 19.1. The zero-order chi connectivity index (χ0) is 25.7. The topological polar surface area (TPSA) is 136 Å². The first-order valence-electron chi connectivity index (χ1n) is 11.4. The number of halogens is 2. The summed E-state index contributed by atoms with van der Waals surface area (Å²) in [6.07, 6.45) is 3.85. The van der Waals surface area contributed by atoms with E-state index in [1.54, 1.807) is 0 Å². The third-order valence-electron chi connectivity index (χ3n) is 5.81. The van der Waals surface area contributed by atoms with E-state index < -0.39 is 17.7 Å². The molecule has 1 aliphatic carbocycles. The highest BCUT2D eigenvalue weighted by atomic mass is 32.2. The van der Waals surface area contributed by atoms with Crippen LogP contribution in [-0.4, -0.2) is 50.1 Å². The molecule has 0 saturated heterocycles. The number of hydrogen-bond donors (Lipinski definition) is 5. The molecule has 9 nitrogen and oxygen atoms in total. The number of amides is 2. The maximum Gasteiger partial charge on any atom is 0.409 e. The molecule has 190 valence electrons. The molecule has 5 N–H and O–H groups in total. The lowest BCUT2D eigenvalue weighted by Crippen LogP contribution is -2.41. The Morgan fingerprint density at radius 2 is 2.00 bits per heavy atom. The number of aliphatic hydroxyl groups excluding tert-OH is 1. The van der Waals surface area contributed by atoms with Crippen LogP contribution in [0.4, 0.5) is 25.1 Å². The van der Waals surface area contributed by atoms with Gasteiger partial charge in [-0.15, -0.1) is 11.8 Å². The van der Waals surface area contributed by atoms with E-state index in [0.717, 1.165) is 35.9 Å². The molecular weight excluding hydrogens is 492 g/mol. The highest BCUT2D eigenvalue weighted by Crippen LogP contribution is 2.30. The van der Waals surface area contributed by atoms with Gasteiger partial charge in [0.1, 0.15) is 17.2 Å². The fourth-order valence-electron chi connectivity index (χ4n) is 4.09. The Hall–Kier alpha value is -3.35. The largest absolute Gasteiger partial charge is 0.465 e. The first-order valence-corrected chi connectivity index (χ1v) is 12.4. The van der Waals surface area contributed by atoms with Crippen LogP contribution in [0.2, 0.25) is 0 Å². The molecule has 12 heteroatoms. The SMILES string of the molecule is O=C(O)Nc1ccnc2c(F)cc(F)cc12.O=C1CSc2ccc(CN[C@H]3CCCC[C@@H]3O)nc2N1. The second-order valence-electron chi connectivity index (χ2n) is 8.40. The summed E-state index contributed by atoms with van der Waals surface area (Å²) in [5.74, 6) is -0.492. The number of nitrogens with zero attached hydrogens (tertiary/aromatic N) is 2. The van der Waals surface area contributed by atoms with Gasteiger partial charge < -0.3 is 20.8 Å². The Morgan fingerprint density at radius 3 is 2.78 bits per heavy atom. The Labute approximate surface area is 209 Å². The van der Waals surface area contributed by atoms with E-state index in [1.165, 1.54) is 30.4 Å². The summed E-state index contributed by atoms with van der Waals surface area (Å²) in [5, 5.41) is 26.8. The van der Waals surface area contributed by atoms with Gasteiger partial charge >= 0.3 is 6.09 Å². The molecule has 2 aliphatic rings. The fraction of sp³-hybridized carbons (Fsp3) is 0.333. The number of carbonyl (C=O) groups is 2. The van der Waals surface area contributed by atoms with E-state index in [-0.39, 0.29) is 34.6 Å². The quantitative estimate of drug-likeness (QED) is 0.349. The van der Waals surface area contributed by atoms with Crippen LogP contribution in [-0.2, 0) is 11.3 Å². The predicted octanol–water partition coefficient (Wildman–Crippen LogP) is 4.12. The van der Waals surface area contributed by atoms with Crippen molar-refractivity contribution in [2.24, 2.45) is 0 Å². The molecule has 2 atom stereocenters. The van der Waals surface area contributed by atoms with Gasteiger partial charge in [-0.1, -0.05) is 12.8 Å². The van der Waals surface area contributed by atoms with Gasteiger partial charge in [-0.25, -0.2) is 18.6 Å². The number of benzene rings is 1. The van der Waals surface area contributed by atoms with Crippen LogP contribution in [0.25, 0.3) is 10.9 Å². The number of thioether (sulfide) groups is 1. The van der Waals surface area contributed by atoms with Crippen LogP contribution in [0.1, 0.15) is 31.4 Å². The van der Waals surface area contributed by atoms with Crippen molar-refractivity contribution in [3.63, 3.8) is 0 Å². The molecule has 0 radical (unpaired) electrons. The van der Waals surface area contributed by atoms with E-state index in [4.69, 9.17) is 5.11 Å². The zero-order valence-corrected chi connectivity index (χ0v) is 19.9. The Morgan fingerprint density at radius 1 is 1.19 bits per heavy atom. The third kappa shape index (κ3) is 6.45. The molecular formula is C24H25F2N5O4S. The number of carbonyl (C=O) groups excluding carboxylic acids is 1. The van der Waals surface area contributed by atoms with Gasteiger partial charge in [-0.3, -0.25) is 15.1 Å². The molecule has 0 bridgehead atoms. The summed E-state index contributed by atoms with van der Waals surface area (Å²) in [4.78, 5) is 31.0. The Balaban J connectivity index is 0.000000174. The van der Waals surface area contributed by atoms with Crippen LogP contribution >= 0.6 is 11.8 Å². The first kappa shape index (κ1) is 25.7. The van der Waals surface area contributed by atoms with Crippen molar-refractivity contribution in [2.75, 3.05) is 16.4 Å². The summed E-state index contributed by atoms with van der Waals surface area (Å²) in [6.45, 7) is 0.621. The van der Waals surface area contributed by atoms with Crippen molar-refractivity contribution in [3.05, 3.63) is 53.9 Å². The van der Waals surface area contributed by atoms with Crippen LogP contribution in [0.3, 0.4) is 0 Å². The highest BCUT2D eigenvalue weighted by Gasteiger charge is 2.23. The number of anilines is 2. The number of aromatic nitrogens is 2. The van der Waals surface area contributed by atoms with E-state index >= 15 is 0 Å². The number of nitrogens with one attached hydrogen (secondary N) is 3. The molecule has 1 aliphatic heterocycles. The molecule has 3 heterocycles. The fourth-order valence-corrected chi connectivity index (χ4v) is 4.85. The second-order valence-corrected chi connectivity index (χ2v) is 9.42. The van der Waals surface area contributed by atoms with E-state index in [1.807, 2.05) is 17.4 Å². The lowest BCUT2D eigenvalue weighted by molar-refractivity contribution is -0.113. The van der Waals surface area contributed by atoms with Crippen molar-refractivity contribution in [1.82, 2.24) is 15.3 Å². The predicted molar refractivity (Wildman–Crippen MR) is 132 cm³/mol. The van der Waals surface area contributed by atoms with Crippen molar-refractivity contribution >= 4 is 46.2 Å². The average Bonchev–Trinajstić information content (AvgIpc) is 2.84. The molecule has 2 aromatic heterocycles. The van der Waals surface area contributed by atoms with E-state index in [9.17, 15) is 23.5 Å². The minimum atomic E-state index is -1.31. The van der Waals surface area contributed by atoms with Crippen molar-refractivity contribution in [3.8, 4) is 0 Å². The molecule has 36 heavy (non-hydrogen) atoms. The summed E-state index contributed by atoms with van der Waals surface area (Å²) in [7, 11) is 0. The Bertz CT molecular complexity index is 1280. The highest BCUT2D eigenvalue weighted by molar-refractivity contribution is 8.00. The van der Waals surface area contributed by atoms with Crippen molar-refractivity contribution in [2.45, 2.75) is 49.3 Å². The van der Waals surface area contributed by atoms with Crippen LogP contribution < -0.4 is 16.0 Å². The molecule has 0 spiro atoms. The summed E-state index contributed by atoms with van der Waals surface area (Å²) in [6, 6.07) is 7.18. The van der Waals surface area contributed by atoms with Gasteiger partial charge in [0.2, 0.25) is 5.91 Å². The Kier molecular flexibility index (Phi) is 8.28. The minimum Gasteiger partial charge on any atom is -0.465 e. The molecule has 1 aromatic carbocycles. The van der Waals surface area contributed by atoms with E-state index in [2.05, 4.69) is 20.6 Å². The summed E-state index contributed by atoms with van der Waals surface area (Å²) < 4.78 is 26.3. The summed E-state index contributed by atoms with van der Waals surface area (Å²) in [5.41, 5.74) is 0.910. The lowest BCUT2D eigenvalue weighted by Gasteiger charge is -2.28. The van der Waals surface area contributed by atoms with Crippen molar-refractivity contribution in [1.29, 1.82) is 0 Å². The maximum atomic E-state index is 13.3. The molecule has 0 unspecified atom stereocenters. The van der Waals surface area contributed by atoms with Crippen LogP contribution in [0.5, 0.6) is 0 Å². The van der Waals surface area contributed by atoms with Crippen molar-refractivity contribution < 1.29 is 28.6 Å². The number of rotatable bonds is 4. The van der Waals surface area contributed by atoms with Gasteiger partial charge in [0.25, 0.3) is 0 Å². The number of hydrogen-bond acceptors (Lipinski definition) is 7. The van der Waals surface area contributed by atoms with Crippen LogP contribution in [0, 0.1) is 11.6 Å². The number of carboxylic acid groups (broad SMARTS) is 1. The average molecular weight is 518 g/mol.